The van der Waals surface area contributed by atoms with Crippen LogP contribution in [0.2, 0.25) is 0 Å². The van der Waals surface area contributed by atoms with Crippen molar-refractivity contribution in [1.82, 2.24) is 10.2 Å². The summed E-state index contributed by atoms with van der Waals surface area (Å²) in [6, 6.07) is 8.73. The first-order valence-electron chi connectivity index (χ1n) is 8.25. The first-order chi connectivity index (χ1) is 11.0. The van der Waals surface area contributed by atoms with Gasteiger partial charge >= 0.3 is 6.18 Å². The molecule has 2 heterocycles. The van der Waals surface area contributed by atoms with Gasteiger partial charge in [0.25, 0.3) is 0 Å². The van der Waals surface area contributed by atoms with Gasteiger partial charge in [-0.05, 0) is 44.0 Å². The molecule has 0 amide bonds. The molecule has 2 aliphatic rings. The van der Waals surface area contributed by atoms with E-state index in [0.29, 0.717) is 12.6 Å². The van der Waals surface area contributed by atoms with Crippen LogP contribution in [0.1, 0.15) is 24.8 Å². The molecule has 1 saturated heterocycles. The molecule has 128 valence electrons. The van der Waals surface area contributed by atoms with Crippen LogP contribution in [0.4, 0.5) is 13.2 Å². The molecule has 0 aliphatic carbocycles. The van der Waals surface area contributed by atoms with Gasteiger partial charge in [0.2, 0.25) is 0 Å². The fourth-order valence-electron chi connectivity index (χ4n) is 3.38. The standard InChI is InChI=1S/C17H23F3N2O/c18-17(19,20)7-10-22-8-5-14(6-9-22)21-15-11-13-3-1-2-4-16(13)23-12-15/h1-4,14-15,21H,5-12H2/t15-/m0/s1. The Morgan fingerprint density at radius 1 is 1.13 bits per heavy atom. The van der Waals surface area contributed by atoms with Crippen LogP contribution < -0.4 is 10.1 Å². The lowest BCUT2D eigenvalue weighted by molar-refractivity contribution is -0.138. The first-order valence-corrected chi connectivity index (χ1v) is 8.25. The molecular formula is C17H23F3N2O. The summed E-state index contributed by atoms with van der Waals surface area (Å²) in [5.41, 5.74) is 1.22. The van der Waals surface area contributed by atoms with Crippen LogP contribution in [0.25, 0.3) is 0 Å². The number of ether oxygens (including phenoxy) is 1. The SMILES string of the molecule is FC(F)(F)CCN1CCC(N[C@@H]2COc3ccccc3C2)CC1. The largest absolute Gasteiger partial charge is 0.492 e. The third kappa shape index (κ3) is 4.85. The Bertz CT molecular complexity index is 513. The Morgan fingerprint density at radius 3 is 2.61 bits per heavy atom. The Kier molecular flexibility index (Phi) is 5.11. The van der Waals surface area contributed by atoms with Crippen molar-refractivity contribution >= 4 is 0 Å². The number of para-hydroxylation sites is 1. The molecule has 3 nitrogen and oxygen atoms in total. The average molecular weight is 328 g/mol. The van der Waals surface area contributed by atoms with Gasteiger partial charge < -0.3 is 15.0 Å². The highest BCUT2D eigenvalue weighted by atomic mass is 19.4. The zero-order valence-corrected chi connectivity index (χ0v) is 13.1. The van der Waals surface area contributed by atoms with Crippen molar-refractivity contribution in [3.05, 3.63) is 29.8 Å². The van der Waals surface area contributed by atoms with E-state index in [-0.39, 0.29) is 12.6 Å². The summed E-state index contributed by atoms with van der Waals surface area (Å²) in [7, 11) is 0. The second kappa shape index (κ2) is 7.09. The molecule has 1 aromatic carbocycles. The number of nitrogens with one attached hydrogen (secondary N) is 1. The molecule has 0 aromatic heterocycles. The van der Waals surface area contributed by atoms with E-state index in [9.17, 15) is 13.2 Å². The minimum absolute atomic E-state index is 0.121. The smallest absolute Gasteiger partial charge is 0.390 e. The van der Waals surface area contributed by atoms with E-state index < -0.39 is 12.6 Å². The molecule has 3 rings (SSSR count). The summed E-state index contributed by atoms with van der Waals surface area (Å²) >= 11 is 0. The van der Waals surface area contributed by atoms with E-state index in [1.165, 1.54) is 5.56 Å². The van der Waals surface area contributed by atoms with Crippen molar-refractivity contribution in [2.24, 2.45) is 0 Å². The van der Waals surface area contributed by atoms with Crippen LogP contribution >= 0.6 is 0 Å². The number of alkyl halides is 3. The number of hydrogen-bond donors (Lipinski definition) is 1. The summed E-state index contributed by atoms with van der Waals surface area (Å²) < 4.78 is 42.6. The minimum Gasteiger partial charge on any atom is -0.492 e. The maximum Gasteiger partial charge on any atom is 0.390 e. The Balaban J connectivity index is 1.41. The quantitative estimate of drug-likeness (QED) is 0.920. The number of benzene rings is 1. The van der Waals surface area contributed by atoms with Gasteiger partial charge in [-0.15, -0.1) is 0 Å². The normalized spacial score (nSPS) is 23.3. The molecule has 6 heteroatoms. The third-order valence-electron chi connectivity index (χ3n) is 4.65. The van der Waals surface area contributed by atoms with Crippen molar-refractivity contribution < 1.29 is 17.9 Å². The first kappa shape index (κ1) is 16.6. The molecule has 0 radical (unpaired) electrons. The second-order valence-electron chi connectivity index (χ2n) is 6.47. The van der Waals surface area contributed by atoms with Gasteiger partial charge in [0.1, 0.15) is 12.4 Å². The minimum atomic E-state index is -4.05. The fourth-order valence-corrected chi connectivity index (χ4v) is 3.38. The molecular weight excluding hydrogens is 305 g/mol. The fraction of sp³-hybridized carbons (Fsp3) is 0.647. The lowest BCUT2D eigenvalue weighted by Gasteiger charge is -2.36. The zero-order valence-electron chi connectivity index (χ0n) is 13.1. The van der Waals surface area contributed by atoms with E-state index in [4.69, 9.17) is 4.74 Å². The molecule has 1 N–H and O–H groups in total. The number of halogens is 3. The van der Waals surface area contributed by atoms with Crippen LogP contribution in [0, 0.1) is 0 Å². The van der Waals surface area contributed by atoms with Crippen molar-refractivity contribution in [3.63, 3.8) is 0 Å². The van der Waals surface area contributed by atoms with Gasteiger partial charge in [0, 0.05) is 18.6 Å². The molecule has 0 spiro atoms. The second-order valence-corrected chi connectivity index (χ2v) is 6.47. The van der Waals surface area contributed by atoms with Crippen molar-refractivity contribution in [2.75, 3.05) is 26.2 Å². The molecule has 0 bridgehead atoms. The zero-order chi connectivity index (χ0) is 16.3. The third-order valence-corrected chi connectivity index (χ3v) is 4.65. The number of nitrogens with zero attached hydrogens (tertiary/aromatic N) is 1. The van der Waals surface area contributed by atoms with E-state index in [2.05, 4.69) is 11.4 Å². The molecule has 23 heavy (non-hydrogen) atoms. The van der Waals surface area contributed by atoms with Crippen molar-refractivity contribution in [3.8, 4) is 5.75 Å². The average Bonchev–Trinajstić information content (AvgIpc) is 2.53. The van der Waals surface area contributed by atoms with Gasteiger partial charge in [-0.25, -0.2) is 0 Å². The number of likely N-dealkylation sites (tertiary alicyclic amines) is 1. The monoisotopic (exact) mass is 328 g/mol. The maximum atomic E-state index is 12.3. The van der Waals surface area contributed by atoms with Gasteiger partial charge in [-0.3, -0.25) is 0 Å². The highest BCUT2D eigenvalue weighted by molar-refractivity contribution is 5.35. The lowest BCUT2D eigenvalue weighted by Crippen LogP contribution is -2.49. The molecule has 2 aliphatic heterocycles. The Morgan fingerprint density at radius 2 is 1.87 bits per heavy atom. The van der Waals surface area contributed by atoms with Gasteiger partial charge in [0.05, 0.1) is 6.42 Å². The number of piperidine rings is 1. The molecule has 1 fully saturated rings. The summed E-state index contributed by atoms with van der Waals surface area (Å²) in [6.45, 7) is 2.25. The molecule has 0 unspecified atom stereocenters. The van der Waals surface area contributed by atoms with Gasteiger partial charge in [-0.1, -0.05) is 18.2 Å². The molecule has 1 aromatic rings. The van der Waals surface area contributed by atoms with E-state index in [0.717, 1.165) is 38.1 Å². The van der Waals surface area contributed by atoms with Gasteiger partial charge in [0.15, 0.2) is 0 Å². The van der Waals surface area contributed by atoms with Crippen LogP contribution in [-0.4, -0.2) is 49.4 Å². The van der Waals surface area contributed by atoms with Crippen molar-refractivity contribution in [2.45, 2.75) is 43.9 Å². The number of rotatable bonds is 4. The van der Waals surface area contributed by atoms with Gasteiger partial charge in [-0.2, -0.15) is 13.2 Å². The van der Waals surface area contributed by atoms with Crippen LogP contribution in [0.15, 0.2) is 24.3 Å². The predicted molar refractivity (Wildman–Crippen MR) is 82.7 cm³/mol. The predicted octanol–water partition coefficient (Wildman–Crippen LogP) is 3.00. The van der Waals surface area contributed by atoms with Crippen molar-refractivity contribution in [1.29, 1.82) is 0 Å². The lowest BCUT2D eigenvalue weighted by atomic mass is 9.99. The molecule has 1 atom stereocenters. The Hall–Kier alpha value is -1.27. The Labute approximate surface area is 134 Å². The van der Waals surface area contributed by atoms with Crippen LogP contribution in [-0.2, 0) is 6.42 Å². The summed E-state index contributed by atoms with van der Waals surface area (Å²) in [5, 5.41) is 3.62. The highest BCUT2D eigenvalue weighted by Crippen LogP contribution is 2.25. The van der Waals surface area contributed by atoms with E-state index >= 15 is 0 Å². The number of fused-ring (bicyclic) bond motifs is 1. The summed E-state index contributed by atoms with van der Waals surface area (Å²) in [5.74, 6) is 0.965. The van der Waals surface area contributed by atoms with Crippen LogP contribution in [0.3, 0.4) is 0 Å². The van der Waals surface area contributed by atoms with E-state index in [1.54, 1.807) is 0 Å². The topological polar surface area (TPSA) is 24.5 Å². The van der Waals surface area contributed by atoms with E-state index in [1.807, 2.05) is 23.1 Å². The molecule has 0 saturated carbocycles. The summed E-state index contributed by atoms with van der Waals surface area (Å²) in [6.07, 6.45) is -2.02. The number of hydrogen-bond acceptors (Lipinski definition) is 3. The highest BCUT2D eigenvalue weighted by Gasteiger charge is 2.30. The summed E-state index contributed by atoms with van der Waals surface area (Å²) in [4.78, 5) is 1.92. The van der Waals surface area contributed by atoms with Crippen LogP contribution in [0.5, 0.6) is 5.75 Å². The maximum absolute atomic E-state index is 12.3.